The Hall–Kier alpha value is -4.61. The number of morpholine rings is 1. The fraction of sp³-hybridized carbons (Fsp3) is 0.222. The van der Waals surface area contributed by atoms with E-state index in [9.17, 15) is 4.79 Å². The number of rotatable bonds is 9. The number of nitrogens with one attached hydrogen (secondary N) is 1. The molecule has 1 amide bonds. The Labute approximate surface area is 219 Å². The van der Waals surface area contributed by atoms with Crippen LogP contribution in [0.3, 0.4) is 0 Å². The first-order valence-corrected chi connectivity index (χ1v) is 12.2. The summed E-state index contributed by atoms with van der Waals surface area (Å²) in [6.07, 6.45) is 4.89. The molecule has 1 fully saturated rings. The van der Waals surface area contributed by atoms with Crippen molar-refractivity contribution in [3.8, 4) is 28.1 Å². The van der Waals surface area contributed by atoms with Gasteiger partial charge in [-0.15, -0.1) is 0 Å². The molecule has 0 radical (unpaired) electrons. The minimum Gasteiger partial charge on any atom is -0.492 e. The van der Waals surface area contributed by atoms with Crippen LogP contribution in [-0.4, -0.2) is 70.4 Å². The predicted octanol–water partition coefficient (Wildman–Crippen LogP) is 2.74. The quantitative estimate of drug-likeness (QED) is 0.285. The molecule has 0 spiro atoms. The lowest BCUT2D eigenvalue weighted by Crippen LogP contribution is -2.38. The smallest absolute Gasteiger partial charge is 0.249 e. The van der Waals surface area contributed by atoms with Crippen LogP contribution in [0.5, 0.6) is 5.75 Å². The van der Waals surface area contributed by atoms with Crippen LogP contribution >= 0.6 is 0 Å². The topological polar surface area (TPSA) is 154 Å². The molecule has 0 bridgehead atoms. The van der Waals surface area contributed by atoms with E-state index in [0.717, 1.165) is 38.4 Å². The van der Waals surface area contributed by atoms with Crippen molar-refractivity contribution >= 4 is 23.2 Å². The first kappa shape index (κ1) is 25.1. The van der Waals surface area contributed by atoms with Crippen molar-refractivity contribution in [2.75, 3.05) is 50.5 Å². The number of hydrogen-bond donors (Lipinski definition) is 3. The second-order valence-corrected chi connectivity index (χ2v) is 8.67. The van der Waals surface area contributed by atoms with E-state index in [1.807, 2.05) is 24.3 Å². The number of aromatic nitrogens is 4. The molecule has 38 heavy (non-hydrogen) atoms. The Morgan fingerprint density at radius 3 is 2.63 bits per heavy atom. The Bertz CT molecular complexity index is 1390. The molecule has 4 aromatic rings. The number of anilines is 3. The van der Waals surface area contributed by atoms with Crippen LogP contribution in [0.25, 0.3) is 22.4 Å². The van der Waals surface area contributed by atoms with Gasteiger partial charge in [0.25, 0.3) is 0 Å². The Kier molecular flexibility index (Phi) is 7.67. The highest BCUT2D eigenvalue weighted by Crippen LogP contribution is 2.38. The first-order valence-electron chi connectivity index (χ1n) is 12.2. The van der Waals surface area contributed by atoms with Gasteiger partial charge in [0.1, 0.15) is 12.4 Å². The Morgan fingerprint density at radius 2 is 1.89 bits per heavy atom. The summed E-state index contributed by atoms with van der Waals surface area (Å²) in [5.41, 5.74) is 16.0. The van der Waals surface area contributed by atoms with Gasteiger partial charge in [0.15, 0.2) is 0 Å². The molecule has 0 aliphatic carbocycles. The number of nitrogens with zero attached hydrogens (tertiary/aromatic N) is 5. The molecule has 1 aliphatic heterocycles. The van der Waals surface area contributed by atoms with Crippen molar-refractivity contribution in [2.24, 2.45) is 5.73 Å². The molecule has 11 heteroatoms. The van der Waals surface area contributed by atoms with E-state index >= 15 is 0 Å². The summed E-state index contributed by atoms with van der Waals surface area (Å²) < 4.78 is 11.4. The third kappa shape index (κ3) is 5.85. The standard InChI is InChI=1S/C27H28N8O3/c28-22-7-6-19(38-14-11-35-9-12-37-13-10-35)15-21(22)25-20(26(29)36)3-1-4-24(25)33-27-30-16-18(17-31-27)23-5-2-8-32-34-23/h1-8,15-17H,9-14,28H2,(H2,29,36)(H,30,31,33). The highest BCUT2D eigenvalue weighted by Gasteiger charge is 2.19. The van der Waals surface area contributed by atoms with Gasteiger partial charge in [-0.25, -0.2) is 9.97 Å². The molecule has 3 heterocycles. The van der Waals surface area contributed by atoms with E-state index in [4.69, 9.17) is 20.9 Å². The maximum Gasteiger partial charge on any atom is 0.249 e. The number of primary amides is 1. The SMILES string of the molecule is NC(=O)c1cccc(Nc2ncc(-c3cccnn3)cn2)c1-c1cc(OCCN2CCOCC2)ccc1N. The summed E-state index contributed by atoms with van der Waals surface area (Å²) >= 11 is 0. The zero-order valence-corrected chi connectivity index (χ0v) is 20.7. The predicted molar refractivity (Wildman–Crippen MR) is 144 cm³/mol. The molecule has 1 saturated heterocycles. The number of benzene rings is 2. The molecule has 0 saturated carbocycles. The van der Waals surface area contributed by atoms with Crippen molar-refractivity contribution in [2.45, 2.75) is 0 Å². The van der Waals surface area contributed by atoms with Crippen LogP contribution in [0.1, 0.15) is 10.4 Å². The van der Waals surface area contributed by atoms with Crippen LogP contribution in [0, 0.1) is 0 Å². The lowest BCUT2D eigenvalue weighted by molar-refractivity contribution is 0.0322. The molecule has 11 nitrogen and oxygen atoms in total. The van der Waals surface area contributed by atoms with Gasteiger partial charge in [-0.05, 0) is 42.5 Å². The summed E-state index contributed by atoms with van der Waals surface area (Å²) in [6.45, 7) is 4.54. The maximum absolute atomic E-state index is 12.4. The average molecular weight is 513 g/mol. The average Bonchev–Trinajstić information content (AvgIpc) is 2.95. The lowest BCUT2D eigenvalue weighted by Gasteiger charge is -2.26. The van der Waals surface area contributed by atoms with Gasteiger partial charge in [-0.2, -0.15) is 10.2 Å². The largest absolute Gasteiger partial charge is 0.492 e. The Morgan fingerprint density at radius 1 is 1.08 bits per heavy atom. The van der Waals surface area contributed by atoms with Crippen LogP contribution in [0.4, 0.5) is 17.3 Å². The summed E-state index contributed by atoms with van der Waals surface area (Å²) in [5, 5.41) is 11.2. The minimum atomic E-state index is -0.583. The number of nitrogen functional groups attached to an aromatic ring is 1. The van der Waals surface area contributed by atoms with Gasteiger partial charge in [0, 0.05) is 71.9 Å². The molecule has 5 N–H and O–H groups in total. The van der Waals surface area contributed by atoms with E-state index < -0.39 is 5.91 Å². The number of carbonyl (C=O) groups excluding carboxylic acids is 1. The third-order valence-electron chi connectivity index (χ3n) is 6.17. The molecular weight excluding hydrogens is 484 g/mol. The zero-order chi connectivity index (χ0) is 26.3. The Balaban J connectivity index is 1.41. The maximum atomic E-state index is 12.4. The van der Waals surface area contributed by atoms with E-state index in [1.165, 1.54) is 0 Å². The van der Waals surface area contributed by atoms with Crippen LogP contribution in [0.2, 0.25) is 0 Å². The second kappa shape index (κ2) is 11.6. The zero-order valence-electron chi connectivity index (χ0n) is 20.7. The van der Waals surface area contributed by atoms with Gasteiger partial charge >= 0.3 is 0 Å². The fourth-order valence-electron chi connectivity index (χ4n) is 4.21. The monoisotopic (exact) mass is 512 g/mol. The molecule has 194 valence electrons. The molecule has 1 aliphatic rings. The van der Waals surface area contributed by atoms with Crippen molar-refractivity contribution < 1.29 is 14.3 Å². The second-order valence-electron chi connectivity index (χ2n) is 8.67. The highest BCUT2D eigenvalue weighted by atomic mass is 16.5. The summed E-state index contributed by atoms with van der Waals surface area (Å²) in [5.74, 6) is 0.384. The fourth-order valence-corrected chi connectivity index (χ4v) is 4.21. The van der Waals surface area contributed by atoms with Crippen molar-refractivity contribution in [3.63, 3.8) is 0 Å². The lowest BCUT2D eigenvalue weighted by atomic mass is 9.95. The van der Waals surface area contributed by atoms with Crippen molar-refractivity contribution in [3.05, 3.63) is 72.7 Å². The molecule has 5 rings (SSSR count). The van der Waals surface area contributed by atoms with E-state index in [2.05, 4.69) is 30.4 Å². The molecule has 2 aromatic carbocycles. The van der Waals surface area contributed by atoms with Crippen LogP contribution < -0.4 is 21.5 Å². The van der Waals surface area contributed by atoms with Gasteiger partial charge in [0.2, 0.25) is 11.9 Å². The summed E-state index contributed by atoms with van der Waals surface area (Å²) in [7, 11) is 0. The number of carbonyl (C=O) groups is 1. The highest BCUT2D eigenvalue weighted by molar-refractivity contribution is 6.05. The molecular formula is C27H28N8O3. The molecule has 2 aromatic heterocycles. The van der Waals surface area contributed by atoms with Gasteiger partial charge in [-0.3, -0.25) is 9.69 Å². The van der Waals surface area contributed by atoms with Crippen molar-refractivity contribution in [1.29, 1.82) is 0 Å². The van der Waals surface area contributed by atoms with Crippen molar-refractivity contribution in [1.82, 2.24) is 25.1 Å². The third-order valence-corrected chi connectivity index (χ3v) is 6.17. The van der Waals surface area contributed by atoms with E-state index in [0.29, 0.717) is 52.1 Å². The van der Waals surface area contributed by atoms with E-state index in [1.54, 1.807) is 42.9 Å². The minimum absolute atomic E-state index is 0.309. The molecule has 0 atom stereocenters. The number of ether oxygens (including phenoxy) is 2. The van der Waals surface area contributed by atoms with Gasteiger partial charge in [-0.1, -0.05) is 6.07 Å². The van der Waals surface area contributed by atoms with E-state index in [-0.39, 0.29) is 0 Å². The number of amides is 1. The normalized spacial score (nSPS) is 13.7. The van der Waals surface area contributed by atoms with Crippen LogP contribution in [-0.2, 0) is 4.74 Å². The van der Waals surface area contributed by atoms with Gasteiger partial charge in [0.05, 0.1) is 18.9 Å². The molecule has 0 unspecified atom stereocenters. The first-order chi connectivity index (χ1) is 18.6. The summed E-state index contributed by atoms with van der Waals surface area (Å²) in [4.78, 5) is 23.5. The van der Waals surface area contributed by atoms with Crippen LogP contribution in [0.15, 0.2) is 67.1 Å². The number of hydrogen-bond acceptors (Lipinski definition) is 10. The van der Waals surface area contributed by atoms with Gasteiger partial charge < -0.3 is 26.3 Å². The number of nitrogens with two attached hydrogens (primary N) is 2. The summed E-state index contributed by atoms with van der Waals surface area (Å²) in [6, 6.07) is 14.2.